The standard InChI is InChI=1S/C13H15N3O/c1-2-16(7-3-6-14)13-5-4-11(10-17)8-12(13)9-15/h4-5,8,17H,2-3,7,10H2,1H3. The Morgan fingerprint density at radius 3 is 2.65 bits per heavy atom. The first-order valence-corrected chi connectivity index (χ1v) is 5.52. The first kappa shape index (κ1) is 13.0. The average Bonchev–Trinajstić information content (AvgIpc) is 2.39. The van der Waals surface area contributed by atoms with Crippen molar-refractivity contribution in [3.8, 4) is 12.1 Å². The molecule has 0 heterocycles. The van der Waals surface area contributed by atoms with E-state index < -0.39 is 0 Å². The number of benzene rings is 1. The smallest absolute Gasteiger partial charge is 0.101 e. The van der Waals surface area contributed by atoms with E-state index >= 15 is 0 Å². The van der Waals surface area contributed by atoms with Crippen LogP contribution in [0.3, 0.4) is 0 Å². The van der Waals surface area contributed by atoms with Crippen molar-refractivity contribution in [2.45, 2.75) is 20.0 Å². The molecule has 0 aliphatic heterocycles. The summed E-state index contributed by atoms with van der Waals surface area (Å²) < 4.78 is 0. The molecule has 0 aromatic heterocycles. The van der Waals surface area contributed by atoms with Gasteiger partial charge in [0.1, 0.15) is 6.07 Å². The van der Waals surface area contributed by atoms with Gasteiger partial charge in [0, 0.05) is 13.1 Å². The monoisotopic (exact) mass is 229 g/mol. The Morgan fingerprint density at radius 1 is 1.35 bits per heavy atom. The maximum absolute atomic E-state index is 9.08. The van der Waals surface area contributed by atoms with Crippen LogP contribution < -0.4 is 4.90 Å². The van der Waals surface area contributed by atoms with Gasteiger partial charge in [0.15, 0.2) is 0 Å². The van der Waals surface area contributed by atoms with Gasteiger partial charge in [-0.15, -0.1) is 0 Å². The third kappa shape index (κ3) is 3.21. The number of hydrogen-bond donors (Lipinski definition) is 1. The summed E-state index contributed by atoms with van der Waals surface area (Å²) in [5.41, 5.74) is 2.08. The Labute approximate surface area is 101 Å². The quantitative estimate of drug-likeness (QED) is 0.835. The Balaban J connectivity index is 3.03. The zero-order chi connectivity index (χ0) is 12.7. The second-order valence-corrected chi connectivity index (χ2v) is 3.61. The highest BCUT2D eigenvalue weighted by atomic mass is 16.3. The number of aliphatic hydroxyl groups is 1. The maximum Gasteiger partial charge on any atom is 0.101 e. The molecule has 4 heteroatoms. The van der Waals surface area contributed by atoms with Crippen molar-refractivity contribution in [1.29, 1.82) is 10.5 Å². The highest BCUT2D eigenvalue weighted by Gasteiger charge is 2.09. The van der Waals surface area contributed by atoms with Crippen LogP contribution in [-0.4, -0.2) is 18.2 Å². The molecule has 0 amide bonds. The molecule has 0 saturated carbocycles. The summed E-state index contributed by atoms with van der Waals surface area (Å²) in [7, 11) is 0. The van der Waals surface area contributed by atoms with Crippen LogP contribution in [0.1, 0.15) is 24.5 Å². The zero-order valence-corrected chi connectivity index (χ0v) is 9.85. The second kappa shape index (κ2) is 6.52. The third-order valence-electron chi connectivity index (χ3n) is 2.58. The summed E-state index contributed by atoms with van der Waals surface area (Å²) in [4.78, 5) is 1.99. The van der Waals surface area contributed by atoms with Crippen LogP contribution in [0.2, 0.25) is 0 Å². The Hall–Kier alpha value is -2.04. The van der Waals surface area contributed by atoms with Crippen molar-refractivity contribution in [3.05, 3.63) is 29.3 Å². The molecule has 0 radical (unpaired) electrons. The van der Waals surface area contributed by atoms with E-state index in [0.717, 1.165) is 17.8 Å². The van der Waals surface area contributed by atoms with Crippen LogP contribution in [0.15, 0.2) is 18.2 Å². The van der Waals surface area contributed by atoms with Crippen LogP contribution in [0.4, 0.5) is 5.69 Å². The lowest BCUT2D eigenvalue weighted by Gasteiger charge is -2.23. The van der Waals surface area contributed by atoms with Gasteiger partial charge in [0.05, 0.1) is 30.3 Å². The van der Waals surface area contributed by atoms with Crippen LogP contribution >= 0.6 is 0 Å². The summed E-state index contributed by atoms with van der Waals surface area (Å²) in [5, 5.41) is 26.7. The van der Waals surface area contributed by atoms with Gasteiger partial charge in [-0.2, -0.15) is 10.5 Å². The van der Waals surface area contributed by atoms with E-state index in [4.69, 9.17) is 15.6 Å². The number of nitriles is 2. The SMILES string of the molecule is CCN(CCC#N)c1ccc(CO)cc1C#N. The molecule has 1 rings (SSSR count). The minimum absolute atomic E-state index is 0.0702. The fourth-order valence-electron chi connectivity index (χ4n) is 1.68. The largest absolute Gasteiger partial charge is 0.392 e. The minimum Gasteiger partial charge on any atom is -0.392 e. The van der Waals surface area contributed by atoms with E-state index in [1.54, 1.807) is 12.1 Å². The van der Waals surface area contributed by atoms with Gasteiger partial charge in [0.25, 0.3) is 0 Å². The molecule has 0 fully saturated rings. The normalized spacial score (nSPS) is 9.41. The van der Waals surface area contributed by atoms with Crippen LogP contribution in [0.25, 0.3) is 0 Å². The predicted molar refractivity (Wildman–Crippen MR) is 65.2 cm³/mol. The molecule has 0 bridgehead atoms. The average molecular weight is 229 g/mol. The summed E-state index contributed by atoms with van der Waals surface area (Å²) in [5.74, 6) is 0. The van der Waals surface area contributed by atoms with E-state index in [0.29, 0.717) is 18.5 Å². The Morgan fingerprint density at radius 2 is 2.12 bits per heavy atom. The summed E-state index contributed by atoms with van der Waals surface area (Å²) in [6, 6.07) is 9.53. The summed E-state index contributed by atoms with van der Waals surface area (Å²) in [6.45, 7) is 3.27. The van der Waals surface area contributed by atoms with Gasteiger partial charge in [-0.1, -0.05) is 6.07 Å². The highest BCUT2D eigenvalue weighted by Crippen LogP contribution is 2.21. The predicted octanol–water partition coefficient (Wildman–Crippen LogP) is 1.79. The second-order valence-electron chi connectivity index (χ2n) is 3.61. The highest BCUT2D eigenvalue weighted by molar-refractivity contribution is 5.60. The molecule has 0 aliphatic rings. The van der Waals surface area contributed by atoms with Gasteiger partial charge < -0.3 is 10.0 Å². The van der Waals surface area contributed by atoms with Gasteiger partial charge in [-0.25, -0.2) is 0 Å². The first-order chi connectivity index (χ1) is 8.26. The molecule has 1 aromatic rings. The van der Waals surface area contributed by atoms with Crippen molar-refractivity contribution < 1.29 is 5.11 Å². The molecule has 4 nitrogen and oxygen atoms in total. The zero-order valence-electron chi connectivity index (χ0n) is 9.85. The molecule has 0 aliphatic carbocycles. The van der Waals surface area contributed by atoms with Crippen LogP contribution in [-0.2, 0) is 6.61 Å². The van der Waals surface area contributed by atoms with Gasteiger partial charge >= 0.3 is 0 Å². The Bertz CT molecular complexity index is 457. The topological polar surface area (TPSA) is 71.1 Å². The van der Waals surface area contributed by atoms with E-state index in [2.05, 4.69) is 12.1 Å². The van der Waals surface area contributed by atoms with E-state index in [9.17, 15) is 0 Å². The van der Waals surface area contributed by atoms with Gasteiger partial charge in [-0.3, -0.25) is 0 Å². The number of nitrogens with zero attached hydrogens (tertiary/aromatic N) is 3. The van der Waals surface area contributed by atoms with E-state index in [1.165, 1.54) is 0 Å². The number of anilines is 1. The molecular formula is C13H15N3O. The molecule has 17 heavy (non-hydrogen) atoms. The molecule has 0 atom stereocenters. The summed E-state index contributed by atoms with van der Waals surface area (Å²) >= 11 is 0. The van der Waals surface area contributed by atoms with Crippen LogP contribution in [0, 0.1) is 22.7 Å². The lowest BCUT2D eigenvalue weighted by atomic mass is 10.1. The molecular weight excluding hydrogens is 214 g/mol. The van der Waals surface area contributed by atoms with Crippen LogP contribution in [0.5, 0.6) is 0 Å². The molecule has 0 unspecified atom stereocenters. The van der Waals surface area contributed by atoms with Gasteiger partial charge in [-0.05, 0) is 24.6 Å². The first-order valence-electron chi connectivity index (χ1n) is 5.52. The molecule has 1 N–H and O–H groups in total. The van der Waals surface area contributed by atoms with Crippen molar-refractivity contribution in [2.75, 3.05) is 18.0 Å². The van der Waals surface area contributed by atoms with Crippen molar-refractivity contribution >= 4 is 5.69 Å². The lowest BCUT2D eigenvalue weighted by Crippen LogP contribution is -2.24. The molecule has 0 spiro atoms. The number of rotatable bonds is 5. The maximum atomic E-state index is 9.08. The van der Waals surface area contributed by atoms with Crippen molar-refractivity contribution in [2.24, 2.45) is 0 Å². The lowest BCUT2D eigenvalue weighted by molar-refractivity contribution is 0.282. The van der Waals surface area contributed by atoms with Gasteiger partial charge in [0.2, 0.25) is 0 Å². The van der Waals surface area contributed by atoms with E-state index in [1.807, 2.05) is 17.9 Å². The Kier molecular flexibility index (Phi) is 5.00. The molecule has 0 saturated heterocycles. The number of hydrogen-bond acceptors (Lipinski definition) is 4. The van der Waals surface area contributed by atoms with Crippen molar-refractivity contribution in [1.82, 2.24) is 0 Å². The van der Waals surface area contributed by atoms with Crippen molar-refractivity contribution in [3.63, 3.8) is 0 Å². The summed E-state index contributed by atoms with van der Waals surface area (Å²) in [6.07, 6.45) is 0.431. The fraction of sp³-hybridized carbons (Fsp3) is 0.385. The third-order valence-corrected chi connectivity index (χ3v) is 2.58. The van der Waals surface area contributed by atoms with E-state index in [-0.39, 0.29) is 6.61 Å². The molecule has 1 aromatic carbocycles. The molecule has 88 valence electrons. The fourth-order valence-corrected chi connectivity index (χ4v) is 1.68. The minimum atomic E-state index is -0.0702. The number of aliphatic hydroxyl groups excluding tert-OH is 1.